The lowest BCUT2D eigenvalue weighted by atomic mass is 10.1. The lowest BCUT2D eigenvalue weighted by Gasteiger charge is -2.19. The van der Waals surface area contributed by atoms with Gasteiger partial charge in [-0.3, -0.25) is 4.79 Å². The highest BCUT2D eigenvalue weighted by Crippen LogP contribution is 2.27. The summed E-state index contributed by atoms with van der Waals surface area (Å²) in [6, 6.07) is 7.17. The molecule has 2 aromatic rings. The van der Waals surface area contributed by atoms with Crippen molar-refractivity contribution in [3.63, 3.8) is 0 Å². The molecule has 0 aromatic heterocycles. The lowest BCUT2D eigenvalue weighted by molar-refractivity contribution is 0.0785. The molecule has 23 heavy (non-hydrogen) atoms. The fourth-order valence-corrected chi connectivity index (χ4v) is 2.35. The summed E-state index contributed by atoms with van der Waals surface area (Å²) in [4.78, 5) is 13.8. The molecule has 0 saturated carbocycles. The average Bonchev–Trinajstić information content (AvgIpc) is 2.50. The number of anilines is 1. The summed E-state index contributed by atoms with van der Waals surface area (Å²) in [5, 5.41) is 9.85. The van der Waals surface area contributed by atoms with Crippen molar-refractivity contribution in [1.29, 1.82) is 0 Å². The highest BCUT2D eigenvalue weighted by atomic mass is 35.5. The van der Waals surface area contributed by atoms with Crippen LogP contribution in [0.5, 0.6) is 11.5 Å². The topological polar surface area (TPSA) is 75.8 Å². The number of benzene rings is 2. The van der Waals surface area contributed by atoms with Gasteiger partial charge in [-0.15, -0.1) is 0 Å². The highest BCUT2D eigenvalue weighted by molar-refractivity contribution is 6.31. The van der Waals surface area contributed by atoms with Crippen molar-refractivity contribution >= 4 is 23.2 Å². The zero-order valence-electron chi connectivity index (χ0n) is 12.6. The number of ether oxygens (including phenoxy) is 1. The number of hydrogen-bond donors (Lipinski definition) is 2. The van der Waals surface area contributed by atoms with Crippen molar-refractivity contribution in [3.8, 4) is 11.5 Å². The summed E-state index contributed by atoms with van der Waals surface area (Å²) in [6.45, 7) is 0.198. The molecule has 2 aromatic carbocycles. The molecule has 0 atom stereocenters. The summed E-state index contributed by atoms with van der Waals surface area (Å²) in [5.41, 5.74) is 6.04. The van der Waals surface area contributed by atoms with Crippen molar-refractivity contribution in [3.05, 3.63) is 52.3 Å². The van der Waals surface area contributed by atoms with Crippen LogP contribution in [-0.4, -0.2) is 30.1 Å². The van der Waals surface area contributed by atoms with Gasteiger partial charge in [0.15, 0.2) is 11.5 Å². The van der Waals surface area contributed by atoms with Crippen molar-refractivity contribution in [2.75, 3.05) is 19.9 Å². The standard InChI is InChI=1S/C16H16ClFN2O3/c1-20(8-9-3-4-14(23-2)13(21)5-9)16(22)11-6-10(17)7-12(18)15(11)19/h3-7,21H,8,19H2,1-2H3. The molecule has 3 N–H and O–H groups in total. The van der Waals surface area contributed by atoms with Gasteiger partial charge in [-0.05, 0) is 29.8 Å². The highest BCUT2D eigenvalue weighted by Gasteiger charge is 2.18. The molecule has 0 bridgehead atoms. The van der Waals surface area contributed by atoms with Gasteiger partial charge in [0.25, 0.3) is 5.91 Å². The number of methoxy groups -OCH3 is 1. The number of hydrogen-bond acceptors (Lipinski definition) is 4. The van der Waals surface area contributed by atoms with E-state index in [0.717, 1.165) is 6.07 Å². The summed E-state index contributed by atoms with van der Waals surface area (Å²) in [7, 11) is 2.99. The number of halogens is 2. The Balaban J connectivity index is 2.22. The van der Waals surface area contributed by atoms with Crippen LogP contribution < -0.4 is 10.5 Å². The molecule has 0 aliphatic rings. The minimum atomic E-state index is -0.739. The van der Waals surface area contributed by atoms with Crippen LogP contribution in [0.15, 0.2) is 30.3 Å². The second kappa shape index (κ2) is 6.75. The Morgan fingerprint density at radius 2 is 2.09 bits per heavy atom. The van der Waals surface area contributed by atoms with E-state index in [4.69, 9.17) is 22.1 Å². The first-order valence-electron chi connectivity index (χ1n) is 6.69. The van der Waals surface area contributed by atoms with E-state index < -0.39 is 11.7 Å². The molecule has 0 heterocycles. The first kappa shape index (κ1) is 16.9. The predicted molar refractivity (Wildman–Crippen MR) is 86.3 cm³/mol. The van der Waals surface area contributed by atoms with Crippen molar-refractivity contribution in [2.24, 2.45) is 0 Å². The number of nitrogen functional groups attached to an aromatic ring is 1. The van der Waals surface area contributed by atoms with Crippen LogP contribution in [0.3, 0.4) is 0 Å². The Morgan fingerprint density at radius 1 is 1.39 bits per heavy atom. The number of aromatic hydroxyl groups is 1. The molecule has 0 aliphatic carbocycles. The Kier molecular flexibility index (Phi) is 4.95. The molecule has 7 heteroatoms. The largest absolute Gasteiger partial charge is 0.504 e. The number of nitrogens with two attached hydrogens (primary N) is 1. The van der Waals surface area contributed by atoms with Crippen LogP contribution in [0.25, 0.3) is 0 Å². The fraction of sp³-hybridized carbons (Fsp3) is 0.188. The molecule has 1 amide bonds. The Hall–Kier alpha value is -2.47. The molecule has 2 rings (SSSR count). The van der Waals surface area contributed by atoms with Gasteiger partial charge in [-0.1, -0.05) is 17.7 Å². The molecular formula is C16H16ClFN2O3. The second-order valence-corrected chi connectivity index (χ2v) is 5.45. The number of carbonyl (C=O) groups excluding carboxylic acids is 1. The number of carbonyl (C=O) groups is 1. The van der Waals surface area contributed by atoms with Crippen molar-refractivity contribution in [1.82, 2.24) is 4.90 Å². The first-order valence-corrected chi connectivity index (χ1v) is 7.07. The Morgan fingerprint density at radius 3 is 2.70 bits per heavy atom. The number of nitrogens with zero attached hydrogens (tertiary/aromatic N) is 1. The quantitative estimate of drug-likeness (QED) is 0.840. The van der Waals surface area contributed by atoms with E-state index in [1.165, 1.54) is 24.1 Å². The van der Waals surface area contributed by atoms with Gasteiger partial charge in [0.1, 0.15) is 5.82 Å². The average molecular weight is 339 g/mol. The molecule has 122 valence electrons. The van der Waals surface area contributed by atoms with Crippen LogP contribution in [0.1, 0.15) is 15.9 Å². The van der Waals surface area contributed by atoms with Crippen LogP contribution in [-0.2, 0) is 6.54 Å². The van der Waals surface area contributed by atoms with E-state index in [9.17, 15) is 14.3 Å². The maximum absolute atomic E-state index is 13.6. The number of amides is 1. The molecule has 0 spiro atoms. The Labute approximate surface area is 138 Å². The fourth-order valence-electron chi connectivity index (χ4n) is 2.15. The van der Waals surface area contributed by atoms with Gasteiger partial charge in [-0.2, -0.15) is 0 Å². The van der Waals surface area contributed by atoms with E-state index in [2.05, 4.69) is 0 Å². The van der Waals surface area contributed by atoms with E-state index >= 15 is 0 Å². The van der Waals surface area contributed by atoms with Crippen molar-refractivity contribution in [2.45, 2.75) is 6.54 Å². The van der Waals surface area contributed by atoms with E-state index in [1.807, 2.05) is 0 Å². The number of rotatable bonds is 4. The summed E-state index contributed by atoms with van der Waals surface area (Å²) in [5.74, 6) is -0.904. The molecule has 5 nitrogen and oxygen atoms in total. The van der Waals surface area contributed by atoms with E-state index in [1.54, 1.807) is 19.2 Å². The normalized spacial score (nSPS) is 10.4. The van der Waals surface area contributed by atoms with Gasteiger partial charge in [0, 0.05) is 18.6 Å². The molecule has 0 saturated heterocycles. The first-order chi connectivity index (χ1) is 10.8. The maximum Gasteiger partial charge on any atom is 0.256 e. The zero-order chi connectivity index (χ0) is 17.1. The Bertz CT molecular complexity index is 752. The van der Waals surface area contributed by atoms with E-state index in [0.29, 0.717) is 11.3 Å². The van der Waals surface area contributed by atoms with Gasteiger partial charge in [-0.25, -0.2) is 4.39 Å². The monoisotopic (exact) mass is 338 g/mol. The van der Waals surface area contributed by atoms with Gasteiger partial charge in [0.2, 0.25) is 0 Å². The summed E-state index contributed by atoms with van der Waals surface area (Å²) < 4.78 is 18.6. The third kappa shape index (κ3) is 3.65. The van der Waals surface area contributed by atoms with Crippen LogP contribution in [0.4, 0.5) is 10.1 Å². The third-order valence-corrected chi connectivity index (χ3v) is 3.55. The molecule has 0 fully saturated rings. The molecule has 0 radical (unpaired) electrons. The minimum absolute atomic E-state index is 0.00441. The predicted octanol–water partition coefficient (Wildman–Crippen LogP) is 3.05. The minimum Gasteiger partial charge on any atom is -0.504 e. The molecule has 0 aliphatic heterocycles. The second-order valence-electron chi connectivity index (χ2n) is 5.02. The van der Waals surface area contributed by atoms with Crippen LogP contribution >= 0.6 is 11.6 Å². The van der Waals surface area contributed by atoms with Crippen LogP contribution in [0, 0.1) is 5.82 Å². The number of phenols is 1. The van der Waals surface area contributed by atoms with Gasteiger partial charge in [0.05, 0.1) is 18.4 Å². The smallest absolute Gasteiger partial charge is 0.256 e. The van der Waals surface area contributed by atoms with Gasteiger partial charge >= 0.3 is 0 Å². The van der Waals surface area contributed by atoms with E-state index in [-0.39, 0.29) is 28.6 Å². The summed E-state index contributed by atoms with van der Waals surface area (Å²) >= 11 is 5.77. The van der Waals surface area contributed by atoms with Crippen molar-refractivity contribution < 1.29 is 19.0 Å². The molecule has 0 unspecified atom stereocenters. The zero-order valence-corrected chi connectivity index (χ0v) is 13.4. The maximum atomic E-state index is 13.6. The lowest BCUT2D eigenvalue weighted by Crippen LogP contribution is -2.27. The van der Waals surface area contributed by atoms with Crippen LogP contribution in [0.2, 0.25) is 5.02 Å². The summed E-state index contributed by atoms with van der Waals surface area (Å²) in [6.07, 6.45) is 0. The third-order valence-electron chi connectivity index (χ3n) is 3.33. The number of phenolic OH excluding ortho intramolecular Hbond substituents is 1. The molecular weight excluding hydrogens is 323 g/mol. The SMILES string of the molecule is COc1ccc(CN(C)C(=O)c2cc(Cl)cc(F)c2N)cc1O. The van der Waals surface area contributed by atoms with Gasteiger partial charge < -0.3 is 20.5 Å².